The van der Waals surface area contributed by atoms with Gasteiger partial charge in [-0.2, -0.15) is 5.10 Å². The average Bonchev–Trinajstić information content (AvgIpc) is 3.27. The van der Waals surface area contributed by atoms with Crippen LogP contribution in [-0.2, 0) is 16.5 Å². The molecular weight excluding hydrogens is 516 g/mol. The van der Waals surface area contributed by atoms with Crippen molar-refractivity contribution in [2.45, 2.75) is 58.1 Å². The number of halogens is 2. The van der Waals surface area contributed by atoms with Crippen LogP contribution in [0.2, 0.25) is 0 Å². The summed E-state index contributed by atoms with van der Waals surface area (Å²) in [5.74, 6) is -2.08. The molecule has 2 atom stereocenters. The molecule has 0 saturated carbocycles. The highest BCUT2D eigenvalue weighted by Gasteiger charge is 2.29. The first-order valence-corrected chi connectivity index (χ1v) is 13.1. The predicted molar refractivity (Wildman–Crippen MR) is 139 cm³/mol. The monoisotopic (exact) mass is 547 g/mol. The lowest BCUT2D eigenvalue weighted by Gasteiger charge is -2.22. The Morgan fingerprint density at radius 3 is 2.58 bits per heavy atom. The third-order valence-corrected chi connectivity index (χ3v) is 7.02. The first kappa shape index (κ1) is 27.6. The largest absolute Gasteiger partial charge is 0.444 e. The SMILES string of the molecule is Cc1sc(-c2c(F)cccc2F)nc1C(=O)Nc1cnn(C)c1C1CCC(NC(=O)OC(C)(C)C)COC1. The molecule has 3 heterocycles. The van der Waals surface area contributed by atoms with Crippen LogP contribution in [0.3, 0.4) is 0 Å². The van der Waals surface area contributed by atoms with E-state index in [1.165, 1.54) is 6.07 Å². The molecule has 1 aliphatic rings. The third-order valence-electron chi connectivity index (χ3n) is 6.03. The molecule has 0 bridgehead atoms. The summed E-state index contributed by atoms with van der Waals surface area (Å²) in [6.07, 6.45) is 2.38. The standard InChI is InChI=1S/C26H31F2N5O4S/c1-14-21(32-24(38-14)20-17(27)7-6-8-18(20)28)23(34)31-19-11-29-33(5)22(19)15-9-10-16(13-36-12-15)30-25(35)37-26(2,3)4/h6-8,11,15-16H,9-10,12-13H2,1-5H3,(H,30,35)(H,31,34). The lowest BCUT2D eigenvalue weighted by Crippen LogP contribution is -2.41. The minimum Gasteiger partial charge on any atom is -0.444 e. The van der Waals surface area contributed by atoms with Crippen molar-refractivity contribution in [2.75, 3.05) is 18.5 Å². The molecule has 38 heavy (non-hydrogen) atoms. The fourth-order valence-corrected chi connectivity index (χ4v) is 5.31. The second kappa shape index (κ2) is 11.2. The average molecular weight is 548 g/mol. The second-order valence-electron chi connectivity index (χ2n) is 10.2. The summed E-state index contributed by atoms with van der Waals surface area (Å²) < 4.78 is 41.4. The minimum absolute atomic E-state index is 0.0844. The van der Waals surface area contributed by atoms with Crippen molar-refractivity contribution >= 4 is 29.0 Å². The normalized spacial score (nSPS) is 18.1. The number of ether oxygens (including phenoxy) is 2. The van der Waals surface area contributed by atoms with E-state index in [1.54, 1.807) is 45.6 Å². The zero-order valence-electron chi connectivity index (χ0n) is 21.9. The smallest absolute Gasteiger partial charge is 0.407 e. The Balaban J connectivity index is 1.47. The molecule has 1 aromatic carbocycles. The minimum atomic E-state index is -0.743. The molecule has 0 spiro atoms. The van der Waals surface area contributed by atoms with E-state index in [2.05, 4.69) is 20.7 Å². The molecule has 1 fully saturated rings. The van der Waals surface area contributed by atoms with Gasteiger partial charge in [-0.15, -0.1) is 11.3 Å². The summed E-state index contributed by atoms with van der Waals surface area (Å²) in [6, 6.07) is 3.37. The number of aromatic nitrogens is 3. The number of aryl methyl sites for hydroxylation is 2. The van der Waals surface area contributed by atoms with Gasteiger partial charge in [0.25, 0.3) is 5.91 Å². The van der Waals surface area contributed by atoms with E-state index in [-0.39, 0.29) is 28.2 Å². The van der Waals surface area contributed by atoms with E-state index < -0.39 is 29.2 Å². The van der Waals surface area contributed by atoms with E-state index >= 15 is 0 Å². The second-order valence-corrected chi connectivity index (χ2v) is 11.4. The van der Waals surface area contributed by atoms with Crippen LogP contribution in [0.1, 0.15) is 60.6 Å². The zero-order valence-corrected chi connectivity index (χ0v) is 22.7. The number of nitrogens with one attached hydrogen (secondary N) is 2. The fraction of sp³-hybridized carbons (Fsp3) is 0.462. The van der Waals surface area contributed by atoms with Gasteiger partial charge in [0, 0.05) is 17.8 Å². The number of carbonyl (C=O) groups is 2. The maximum Gasteiger partial charge on any atom is 0.407 e. The predicted octanol–water partition coefficient (Wildman–Crippen LogP) is 5.17. The van der Waals surface area contributed by atoms with Crippen molar-refractivity contribution in [2.24, 2.45) is 7.05 Å². The van der Waals surface area contributed by atoms with E-state index in [9.17, 15) is 18.4 Å². The molecule has 204 valence electrons. The quantitative estimate of drug-likeness (QED) is 0.456. The van der Waals surface area contributed by atoms with Gasteiger partial charge in [0.15, 0.2) is 0 Å². The number of carbonyl (C=O) groups excluding carboxylic acids is 2. The number of rotatable bonds is 5. The van der Waals surface area contributed by atoms with Crippen LogP contribution in [0.15, 0.2) is 24.4 Å². The molecule has 3 aromatic rings. The van der Waals surface area contributed by atoms with Gasteiger partial charge in [0.1, 0.15) is 27.9 Å². The lowest BCUT2D eigenvalue weighted by atomic mass is 9.97. The van der Waals surface area contributed by atoms with Gasteiger partial charge in [-0.3, -0.25) is 9.48 Å². The molecule has 2 aromatic heterocycles. The van der Waals surface area contributed by atoms with Crippen LogP contribution in [-0.4, -0.2) is 51.6 Å². The Morgan fingerprint density at radius 2 is 1.89 bits per heavy atom. The van der Waals surface area contributed by atoms with Crippen molar-refractivity contribution in [1.82, 2.24) is 20.1 Å². The maximum atomic E-state index is 14.3. The number of hydrogen-bond donors (Lipinski definition) is 2. The molecule has 4 rings (SSSR count). The molecular formula is C26H31F2N5O4S. The van der Waals surface area contributed by atoms with Crippen LogP contribution in [0, 0.1) is 18.6 Å². The highest BCUT2D eigenvalue weighted by Crippen LogP contribution is 2.34. The van der Waals surface area contributed by atoms with Crippen LogP contribution < -0.4 is 10.6 Å². The van der Waals surface area contributed by atoms with Crippen molar-refractivity contribution < 1.29 is 27.8 Å². The van der Waals surface area contributed by atoms with Gasteiger partial charge in [0.05, 0.1) is 42.4 Å². The Labute approximate surface area is 223 Å². The molecule has 1 aliphatic heterocycles. The number of hydrogen-bond acceptors (Lipinski definition) is 7. The van der Waals surface area contributed by atoms with Crippen LogP contribution in [0.4, 0.5) is 19.3 Å². The van der Waals surface area contributed by atoms with Crippen LogP contribution >= 0.6 is 11.3 Å². The topological polar surface area (TPSA) is 107 Å². The van der Waals surface area contributed by atoms with Crippen LogP contribution in [0.5, 0.6) is 0 Å². The van der Waals surface area contributed by atoms with E-state index in [1.807, 2.05) is 0 Å². The van der Waals surface area contributed by atoms with Gasteiger partial charge in [-0.05, 0) is 52.7 Å². The lowest BCUT2D eigenvalue weighted by molar-refractivity contribution is 0.0455. The number of alkyl carbamates (subject to hydrolysis) is 1. The molecule has 2 unspecified atom stereocenters. The maximum absolute atomic E-state index is 14.3. The van der Waals surface area contributed by atoms with Gasteiger partial charge in [0.2, 0.25) is 0 Å². The zero-order chi connectivity index (χ0) is 27.6. The summed E-state index contributed by atoms with van der Waals surface area (Å²) in [5, 5.41) is 10.1. The summed E-state index contributed by atoms with van der Waals surface area (Å²) in [6.45, 7) is 7.80. The number of benzene rings is 1. The summed E-state index contributed by atoms with van der Waals surface area (Å²) >= 11 is 1.05. The van der Waals surface area contributed by atoms with Gasteiger partial charge in [-0.25, -0.2) is 18.6 Å². The molecule has 12 heteroatoms. The summed E-state index contributed by atoms with van der Waals surface area (Å²) in [7, 11) is 1.78. The third kappa shape index (κ3) is 6.36. The molecule has 2 N–H and O–H groups in total. The van der Waals surface area contributed by atoms with E-state index in [0.29, 0.717) is 36.6 Å². The molecule has 2 amide bonds. The Morgan fingerprint density at radius 1 is 1.18 bits per heavy atom. The number of amides is 2. The van der Waals surface area contributed by atoms with Gasteiger partial charge >= 0.3 is 6.09 Å². The number of nitrogens with zero attached hydrogens (tertiary/aromatic N) is 3. The Kier molecular flexibility index (Phi) is 8.12. The summed E-state index contributed by atoms with van der Waals surface area (Å²) in [5.41, 5.74) is 0.494. The number of anilines is 1. The Hall–Kier alpha value is -3.38. The van der Waals surface area contributed by atoms with Crippen molar-refractivity contribution in [3.8, 4) is 10.6 Å². The van der Waals surface area contributed by atoms with E-state index in [4.69, 9.17) is 9.47 Å². The van der Waals surface area contributed by atoms with Crippen molar-refractivity contribution in [1.29, 1.82) is 0 Å². The molecule has 9 nitrogen and oxygen atoms in total. The molecule has 1 saturated heterocycles. The number of thiazole rings is 1. The van der Waals surface area contributed by atoms with Crippen molar-refractivity contribution in [3.05, 3.63) is 52.3 Å². The first-order valence-electron chi connectivity index (χ1n) is 12.2. The van der Waals surface area contributed by atoms with Crippen molar-refractivity contribution in [3.63, 3.8) is 0 Å². The van der Waals surface area contributed by atoms with Crippen LogP contribution in [0.25, 0.3) is 10.6 Å². The Bertz CT molecular complexity index is 1310. The summed E-state index contributed by atoms with van der Waals surface area (Å²) in [4.78, 5) is 30.1. The highest BCUT2D eigenvalue weighted by molar-refractivity contribution is 7.15. The van der Waals surface area contributed by atoms with E-state index in [0.717, 1.165) is 29.2 Å². The highest BCUT2D eigenvalue weighted by atomic mass is 32.1. The van der Waals surface area contributed by atoms with Gasteiger partial charge < -0.3 is 20.1 Å². The molecule has 0 radical (unpaired) electrons. The first-order chi connectivity index (χ1) is 17.9. The van der Waals surface area contributed by atoms with Gasteiger partial charge in [-0.1, -0.05) is 6.07 Å². The molecule has 0 aliphatic carbocycles. The fourth-order valence-electron chi connectivity index (χ4n) is 4.35.